The van der Waals surface area contributed by atoms with Crippen molar-refractivity contribution in [1.82, 2.24) is 4.98 Å². The second-order valence-electron chi connectivity index (χ2n) is 2.72. The van der Waals surface area contributed by atoms with Crippen molar-refractivity contribution < 1.29 is 26.7 Å². The van der Waals surface area contributed by atoms with Gasteiger partial charge in [-0.3, -0.25) is 0 Å². The largest absolute Gasteiger partial charge is 0.481 e. The average Bonchev–Trinajstić information content (AvgIpc) is 2.14. The molecule has 0 N–H and O–H groups in total. The van der Waals surface area contributed by atoms with E-state index in [4.69, 9.17) is 11.6 Å². The molecule has 1 aromatic rings. The Morgan fingerprint density at radius 2 is 1.94 bits per heavy atom. The van der Waals surface area contributed by atoms with E-state index in [0.29, 0.717) is 6.07 Å². The van der Waals surface area contributed by atoms with Gasteiger partial charge in [0.05, 0.1) is 18.2 Å². The molecule has 16 heavy (non-hydrogen) atoms. The molecule has 0 saturated heterocycles. The van der Waals surface area contributed by atoms with Gasteiger partial charge >= 0.3 is 6.18 Å². The first-order valence-corrected chi connectivity index (χ1v) is 4.25. The van der Waals surface area contributed by atoms with Crippen LogP contribution in [0.4, 0.5) is 22.0 Å². The number of hydrogen-bond donors (Lipinski definition) is 0. The van der Waals surface area contributed by atoms with Gasteiger partial charge in [-0.2, -0.15) is 13.2 Å². The summed E-state index contributed by atoms with van der Waals surface area (Å²) in [5.74, 6) is -0.471. The molecule has 0 bridgehead atoms. The lowest BCUT2D eigenvalue weighted by Gasteiger charge is -2.14. The number of hydrogen-bond acceptors (Lipinski definition) is 2. The minimum absolute atomic E-state index is 0.382. The third-order valence-electron chi connectivity index (χ3n) is 1.72. The van der Waals surface area contributed by atoms with Crippen LogP contribution in [0.25, 0.3) is 0 Å². The van der Waals surface area contributed by atoms with E-state index in [1.165, 1.54) is 0 Å². The second-order valence-corrected chi connectivity index (χ2v) is 3.07. The number of pyridine rings is 1. The number of rotatable bonds is 2. The van der Waals surface area contributed by atoms with E-state index in [2.05, 4.69) is 9.72 Å². The number of alkyl halides is 5. The molecule has 2 nitrogen and oxygen atoms in total. The highest BCUT2D eigenvalue weighted by Crippen LogP contribution is 2.40. The summed E-state index contributed by atoms with van der Waals surface area (Å²) in [5.41, 5.74) is -2.88. The summed E-state index contributed by atoms with van der Waals surface area (Å²) in [5, 5.41) is -0.915. The molecule has 1 aromatic heterocycles. The Balaban J connectivity index is 3.47. The summed E-state index contributed by atoms with van der Waals surface area (Å²) in [6, 6.07) is 0.382. The summed E-state index contributed by atoms with van der Waals surface area (Å²) in [7, 11) is 1.06. The van der Waals surface area contributed by atoms with Crippen molar-refractivity contribution in [2.45, 2.75) is 12.6 Å². The zero-order valence-electron chi connectivity index (χ0n) is 7.78. The van der Waals surface area contributed by atoms with Gasteiger partial charge in [-0.1, -0.05) is 11.6 Å². The molecule has 1 heterocycles. The number of aromatic nitrogens is 1. The van der Waals surface area contributed by atoms with Crippen LogP contribution in [0.1, 0.15) is 17.6 Å². The van der Waals surface area contributed by atoms with Gasteiger partial charge in [-0.15, -0.1) is 0 Å². The Hall–Kier alpha value is -1.11. The third-order valence-corrected chi connectivity index (χ3v) is 2.01. The van der Waals surface area contributed by atoms with E-state index in [1.54, 1.807) is 0 Å². The maximum absolute atomic E-state index is 12.4. The van der Waals surface area contributed by atoms with Crippen molar-refractivity contribution in [3.63, 3.8) is 0 Å². The SMILES string of the molecule is COc1cc(C(F)(F)F)c(C(F)F)c(Cl)n1. The zero-order chi connectivity index (χ0) is 12.5. The van der Waals surface area contributed by atoms with Gasteiger partial charge in [0, 0.05) is 6.07 Å². The summed E-state index contributed by atoms with van der Waals surface area (Å²) in [4.78, 5) is 3.25. The first kappa shape index (κ1) is 13.0. The summed E-state index contributed by atoms with van der Waals surface area (Å²) in [6.45, 7) is 0. The molecule has 0 aliphatic heterocycles. The fraction of sp³-hybridized carbons (Fsp3) is 0.375. The van der Waals surface area contributed by atoms with Crippen LogP contribution in [-0.4, -0.2) is 12.1 Å². The molecule has 0 atom stereocenters. The summed E-state index contributed by atoms with van der Waals surface area (Å²) in [6.07, 6.45) is -8.30. The Bertz CT molecular complexity index is 393. The van der Waals surface area contributed by atoms with Gasteiger partial charge in [0.1, 0.15) is 5.15 Å². The topological polar surface area (TPSA) is 22.1 Å². The molecule has 1 rings (SSSR count). The van der Waals surface area contributed by atoms with E-state index in [0.717, 1.165) is 7.11 Å². The van der Waals surface area contributed by atoms with Crippen molar-refractivity contribution >= 4 is 11.6 Å². The van der Waals surface area contributed by atoms with Gasteiger partial charge < -0.3 is 4.74 Å². The summed E-state index contributed by atoms with van der Waals surface area (Å²) >= 11 is 5.24. The van der Waals surface area contributed by atoms with E-state index >= 15 is 0 Å². The molecule has 0 spiro atoms. The maximum Gasteiger partial charge on any atom is 0.417 e. The van der Waals surface area contributed by atoms with Crippen LogP contribution < -0.4 is 4.74 Å². The van der Waals surface area contributed by atoms with Crippen molar-refractivity contribution in [3.05, 3.63) is 22.3 Å². The Morgan fingerprint density at radius 3 is 2.31 bits per heavy atom. The van der Waals surface area contributed by atoms with Crippen molar-refractivity contribution in [3.8, 4) is 5.88 Å². The van der Waals surface area contributed by atoms with Crippen LogP contribution in [0.15, 0.2) is 6.07 Å². The predicted octanol–water partition coefficient (Wildman–Crippen LogP) is 3.70. The minimum Gasteiger partial charge on any atom is -0.481 e. The molecule has 0 aliphatic carbocycles. The molecule has 0 radical (unpaired) electrons. The number of nitrogens with zero attached hydrogens (tertiary/aromatic N) is 1. The Morgan fingerprint density at radius 1 is 1.38 bits per heavy atom. The lowest BCUT2D eigenvalue weighted by atomic mass is 10.1. The molecule has 0 fully saturated rings. The smallest absolute Gasteiger partial charge is 0.417 e. The average molecular weight is 262 g/mol. The molecule has 0 aliphatic rings. The van der Waals surface area contributed by atoms with Gasteiger partial charge in [-0.25, -0.2) is 13.8 Å². The molecule has 0 saturated carbocycles. The number of halogens is 6. The van der Waals surface area contributed by atoms with Crippen LogP contribution in [0.3, 0.4) is 0 Å². The standard InChI is InChI=1S/C8H5ClF5NO/c1-16-4-2-3(8(12,13)14)5(7(10)11)6(9)15-4/h2,7H,1H3. The lowest BCUT2D eigenvalue weighted by molar-refractivity contribution is -0.139. The predicted molar refractivity (Wildman–Crippen MR) is 45.8 cm³/mol. The highest BCUT2D eigenvalue weighted by molar-refractivity contribution is 6.30. The fourth-order valence-electron chi connectivity index (χ4n) is 1.05. The Labute approximate surface area is 92.0 Å². The molecule has 8 heteroatoms. The Kier molecular flexibility index (Phi) is 3.57. The van der Waals surface area contributed by atoms with E-state index < -0.39 is 34.8 Å². The first-order valence-electron chi connectivity index (χ1n) is 3.87. The molecular formula is C8H5ClF5NO. The fourth-order valence-corrected chi connectivity index (χ4v) is 1.32. The first-order chi connectivity index (χ1) is 7.27. The molecule has 90 valence electrons. The van der Waals surface area contributed by atoms with Crippen LogP contribution >= 0.6 is 11.6 Å². The number of methoxy groups -OCH3 is 1. The third kappa shape index (κ3) is 2.52. The van der Waals surface area contributed by atoms with Crippen molar-refractivity contribution in [2.24, 2.45) is 0 Å². The molecule has 0 aromatic carbocycles. The van der Waals surface area contributed by atoms with Crippen LogP contribution in [-0.2, 0) is 6.18 Å². The minimum atomic E-state index is -4.94. The highest BCUT2D eigenvalue weighted by Gasteiger charge is 2.38. The highest BCUT2D eigenvalue weighted by atomic mass is 35.5. The van der Waals surface area contributed by atoms with Gasteiger partial charge in [0.25, 0.3) is 6.43 Å². The molecule has 0 unspecified atom stereocenters. The monoisotopic (exact) mass is 261 g/mol. The van der Waals surface area contributed by atoms with Crippen LogP contribution in [0.2, 0.25) is 5.15 Å². The van der Waals surface area contributed by atoms with Gasteiger partial charge in [0.2, 0.25) is 5.88 Å². The van der Waals surface area contributed by atoms with Crippen LogP contribution in [0, 0.1) is 0 Å². The van der Waals surface area contributed by atoms with E-state index in [1.807, 2.05) is 0 Å². The van der Waals surface area contributed by atoms with Crippen molar-refractivity contribution in [1.29, 1.82) is 0 Å². The molecule has 0 amide bonds. The van der Waals surface area contributed by atoms with Crippen LogP contribution in [0.5, 0.6) is 5.88 Å². The van der Waals surface area contributed by atoms with Crippen molar-refractivity contribution in [2.75, 3.05) is 7.11 Å². The van der Waals surface area contributed by atoms with E-state index in [-0.39, 0.29) is 0 Å². The quantitative estimate of drug-likeness (QED) is 0.598. The molecular weight excluding hydrogens is 257 g/mol. The van der Waals surface area contributed by atoms with Gasteiger partial charge in [-0.05, 0) is 0 Å². The second kappa shape index (κ2) is 4.40. The number of ether oxygens (including phenoxy) is 1. The normalized spacial score (nSPS) is 12.0. The zero-order valence-corrected chi connectivity index (χ0v) is 8.53. The summed E-state index contributed by atoms with van der Waals surface area (Å²) < 4.78 is 66.5. The van der Waals surface area contributed by atoms with Gasteiger partial charge in [0.15, 0.2) is 0 Å². The lowest BCUT2D eigenvalue weighted by Crippen LogP contribution is -2.11. The van der Waals surface area contributed by atoms with E-state index in [9.17, 15) is 22.0 Å². The maximum atomic E-state index is 12.4.